The maximum atomic E-state index is 11.9. The molecule has 1 amide bonds. The molecule has 1 aliphatic carbocycles. The fourth-order valence-corrected chi connectivity index (χ4v) is 2.95. The van der Waals surface area contributed by atoms with Gasteiger partial charge in [0.05, 0.1) is 11.2 Å². The van der Waals surface area contributed by atoms with Gasteiger partial charge in [-0.2, -0.15) is 5.10 Å². The largest absolute Gasteiger partial charge is 0.446 e. The molecule has 2 rings (SSSR count). The Kier molecular flexibility index (Phi) is 4.64. The topological polar surface area (TPSA) is 82.2 Å². The van der Waals surface area contributed by atoms with E-state index in [9.17, 15) is 4.79 Å². The van der Waals surface area contributed by atoms with Crippen molar-refractivity contribution in [2.24, 2.45) is 0 Å². The Morgan fingerprint density at radius 2 is 1.96 bits per heavy atom. The summed E-state index contributed by atoms with van der Waals surface area (Å²) in [5.74, 6) is 0.982. The zero-order valence-corrected chi connectivity index (χ0v) is 15.1. The van der Waals surface area contributed by atoms with E-state index in [0.717, 1.165) is 25.0 Å². The number of nitrogens with zero attached hydrogens (tertiary/aromatic N) is 2. The van der Waals surface area contributed by atoms with Crippen molar-refractivity contribution in [1.82, 2.24) is 15.1 Å². The zero-order valence-electron chi connectivity index (χ0n) is 15.1. The first-order valence-electron chi connectivity index (χ1n) is 8.30. The van der Waals surface area contributed by atoms with Gasteiger partial charge in [-0.1, -0.05) is 0 Å². The minimum absolute atomic E-state index is 0.0524. The highest BCUT2D eigenvalue weighted by atomic mass is 16.6. The van der Waals surface area contributed by atoms with Gasteiger partial charge in [0.2, 0.25) is 0 Å². The van der Waals surface area contributed by atoms with Gasteiger partial charge < -0.3 is 15.8 Å². The number of rotatable bonds is 2. The van der Waals surface area contributed by atoms with Crippen LogP contribution in [0, 0.1) is 0 Å². The molecule has 23 heavy (non-hydrogen) atoms. The third-order valence-corrected chi connectivity index (χ3v) is 3.94. The second-order valence-electron chi connectivity index (χ2n) is 8.49. The summed E-state index contributed by atoms with van der Waals surface area (Å²) in [7, 11) is 0. The molecule has 0 bridgehead atoms. The molecule has 0 aromatic carbocycles. The third-order valence-electron chi connectivity index (χ3n) is 3.94. The van der Waals surface area contributed by atoms with E-state index in [0.29, 0.717) is 11.7 Å². The lowest BCUT2D eigenvalue weighted by molar-refractivity contribution is 0.0936. The quantitative estimate of drug-likeness (QED) is 0.874. The Labute approximate surface area is 138 Å². The standard InChI is InChI=1S/C17H30N4O2/c1-16(2,3)19-15(22)23-12-8-7-11(9-12)13-10-14(18)21(20-13)17(4,5)6/h10-12H,7-9,18H2,1-6H3,(H,19,22)/t11-,12+/m0/s1. The van der Waals surface area contributed by atoms with Crippen molar-refractivity contribution >= 4 is 11.9 Å². The van der Waals surface area contributed by atoms with Gasteiger partial charge in [0.15, 0.2) is 0 Å². The number of nitrogens with two attached hydrogens (primary N) is 1. The highest BCUT2D eigenvalue weighted by Gasteiger charge is 2.32. The van der Waals surface area contributed by atoms with Crippen LogP contribution in [0.4, 0.5) is 10.6 Å². The van der Waals surface area contributed by atoms with Gasteiger partial charge in [0.1, 0.15) is 11.9 Å². The second-order valence-corrected chi connectivity index (χ2v) is 8.49. The minimum atomic E-state index is -0.345. The number of carbonyl (C=O) groups is 1. The Hall–Kier alpha value is -1.72. The van der Waals surface area contributed by atoms with E-state index in [1.54, 1.807) is 0 Å². The molecule has 1 fully saturated rings. The Morgan fingerprint density at radius 3 is 2.48 bits per heavy atom. The van der Waals surface area contributed by atoms with Crippen LogP contribution in [0.15, 0.2) is 6.07 Å². The van der Waals surface area contributed by atoms with Gasteiger partial charge in [-0.3, -0.25) is 0 Å². The van der Waals surface area contributed by atoms with E-state index in [-0.39, 0.29) is 23.3 Å². The Morgan fingerprint density at radius 1 is 1.30 bits per heavy atom. The third kappa shape index (κ3) is 4.62. The second kappa shape index (κ2) is 6.06. The lowest BCUT2D eigenvalue weighted by Crippen LogP contribution is -2.42. The molecule has 3 N–H and O–H groups in total. The molecule has 1 saturated carbocycles. The van der Waals surface area contributed by atoms with Crippen LogP contribution in [0.1, 0.15) is 72.4 Å². The lowest BCUT2D eigenvalue weighted by Gasteiger charge is -2.22. The van der Waals surface area contributed by atoms with Crippen LogP contribution in [0.3, 0.4) is 0 Å². The first kappa shape index (κ1) is 17.6. The molecule has 2 atom stereocenters. The van der Waals surface area contributed by atoms with E-state index in [1.807, 2.05) is 31.5 Å². The molecule has 0 radical (unpaired) electrons. The van der Waals surface area contributed by atoms with E-state index in [2.05, 4.69) is 31.2 Å². The van der Waals surface area contributed by atoms with Crippen molar-refractivity contribution < 1.29 is 9.53 Å². The smallest absolute Gasteiger partial charge is 0.407 e. The van der Waals surface area contributed by atoms with Crippen molar-refractivity contribution in [2.45, 2.75) is 83.9 Å². The summed E-state index contributed by atoms with van der Waals surface area (Å²) >= 11 is 0. The van der Waals surface area contributed by atoms with E-state index in [1.165, 1.54) is 0 Å². The van der Waals surface area contributed by atoms with Crippen molar-refractivity contribution in [3.8, 4) is 0 Å². The summed E-state index contributed by atoms with van der Waals surface area (Å²) < 4.78 is 7.39. The highest BCUT2D eigenvalue weighted by Crippen LogP contribution is 2.36. The molecular weight excluding hydrogens is 292 g/mol. The monoisotopic (exact) mass is 322 g/mol. The van der Waals surface area contributed by atoms with Crippen molar-refractivity contribution in [1.29, 1.82) is 0 Å². The molecule has 0 unspecified atom stereocenters. The van der Waals surface area contributed by atoms with Crippen molar-refractivity contribution in [2.75, 3.05) is 5.73 Å². The summed E-state index contributed by atoms with van der Waals surface area (Å²) in [6.07, 6.45) is 2.24. The molecule has 130 valence electrons. The number of hydrogen-bond donors (Lipinski definition) is 2. The highest BCUT2D eigenvalue weighted by molar-refractivity contribution is 5.68. The summed E-state index contributed by atoms with van der Waals surface area (Å²) in [5, 5.41) is 7.50. The van der Waals surface area contributed by atoms with Crippen LogP contribution < -0.4 is 11.1 Å². The van der Waals surface area contributed by atoms with Crippen LogP contribution >= 0.6 is 0 Å². The number of ether oxygens (including phenoxy) is 1. The number of anilines is 1. The van der Waals surface area contributed by atoms with Crippen LogP contribution in [0.25, 0.3) is 0 Å². The summed E-state index contributed by atoms with van der Waals surface area (Å²) in [6.45, 7) is 12.1. The fraction of sp³-hybridized carbons (Fsp3) is 0.765. The van der Waals surface area contributed by atoms with Gasteiger partial charge in [0.25, 0.3) is 0 Å². The van der Waals surface area contributed by atoms with Crippen molar-refractivity contribution in [3.63, 3.8) is 0 Å². The average molecular weight is 322 g/mol. The number of nitrogen functional groups attached to an aromatic ring is 1. The van der Waals surface area contributed by atoms with E-state index >= 15 is 0 Å². The molecule has 1 heterocycles. The van der Waals surface area contributed by atoms with Crippen molar-refractivity contribution in [3.05, 3.63) is 11.8 Å². The Bertz CT molecular complexity index is 566. The SMILES string of the molecule is CC(C)(C)NC(=O)O[C@@H]1CC[C@H](c2cc(N)n(C(C)(C)C)n2)C1. The molecule has 1 aromatic rings. The maximum Gasteiger partial charge on any atom is 0.407 e. The molecular formula is C17H30N4O2. The molecule has 0 saturated heterocycles. The van der Waals surface area contributed by atoms with Gasteiger partial charge in [0, 0.05) is 17.5 Å². The molecule has 1 aromatic heterocycles. The van der Waals surface area contributed by atoms with Crippen LogP contribution in [-0.2, 0) is 10.3 Å². The summed E-state index contributed by atoms with van der Waals surface area (Å²) in [4.78, 5) is 11.9. The van der Waals surface area contributed by atoms with Crippen LogP contribution in [-0.4, -0.2) is 27.5 Å². The van der Waals surface area contributed by atoms with Crippen LogP contribution in [0.5, 0.6) is 0 Å². The first-order valence-corrected chi connectivity index (χ1v) is 8.30. The maximum absolute atomic E-state index is 11.9. The molecule has 0 aliphatic heterocycles. The zero-order chi connectivity index (χ0) is 17.4. The molecule has 0 spiro atoms. The summed E-state index contributed by atoms with van der Waals surface area (Å²) in [6, 6.07) is 1.95. The summed E-state index contributed by atoms with van der Waals surface area (Å²) in [5.41, 5.74) is 6.67. The lowest BCUT2D eigenvalue weighted by atomic mass is 10.0. The number of alkyl carbamates (subject to hydrolysis) is 1. The molecule has 6 heteroatoms. The van der Waals surface area contributed by atoms with Gasteiger partial charge in [-0.05, 0) is 60.8 Å². The van der Waals surface area contributed by atoms with E-state index < -0.39 is 0 Å². The molecule has 6 nitrogen and oxygen atoms in total. The van der Waals surface area contributed by atoms with Gasteiger partial charge >= 0.3 is 6.09 Å². The van der Waals surface area contributed by atoms with Gasteiger partial charge in [-0.15, -0.1) is 0 Å². The first-order chi connectivity index (χ1) is 10.5. The number of hydrogen-bond acceptors (Lipinski definition) is 4. The van der Waals surface area contributed by atoms with Gasteiger partial charge in [-0.25, -0.2) is 9.48 Å². The minimum Gasteiger partial charge on any atom is -0.446 e. The number of nitrogens with one attached hydrogen (secondary N) is 1. The number of aromatic nitrogens is 2. The number of carbonyl (C=O) groups excluding carboxylic acids is 1. The fourth-order valence-electron chi connectivity index (χ4n) is 2.95. The average Bonchev–Trinajstić information content (AvgIpc) is 2.92. The van der Waals surface area contributed by atoms with Crippen LogP contribution in [0.2, 0.25) is 0 Å². The van der Waals surface area contributed by atoms with E-state index in [4.69, 9.17) is 10.5 Å². The normalized spacial score (nSPS) is 22.2. The Balaban J connectivity index is 1.97. The predicted octanol–water partition coefficient (Wildman–Crippen LogP) is 3.38. The molecule has 1 aliphatic rings. The predicted molar refractivity (Wildman–Crippen MR) is 91.4 cm³/mol. The number of amides is 1.